The molecule has 0 saturated heterocycles. The smallest absolute Gasteiger partial charge is 0.246 e. The highest BCUT2D eigenvalue weighted by molar-refractivity contribution is 7.89. The molecule has 2 N–H and O–H groups in total. The number of aryl methyl sites for hydroxylation is 1. The zero-order chi connectivity index (χ0) is 21.6. The SMILES string of the molecule is Cc1ccccc1S(=O)(=O)N1C(C(C)(C)C)C=C(C(N)=O)[C@@H]1c1ccc(Cl)cc1. The first-order chi connectivity index (χ1) is 13.4. The number of carbonyl (C=O) groups is 1. The van der Waals surface area contributed by atoms with Crippen molar-refractivity contribution in [3.63, 3.8) is 0 Å². The fourth-order valence-electron chi connectivity index (χ4n) is 3.70. The molecule has 2 aromatic rings. The van der Waals surface area contributed by atoms with Gasteiger partial charge in [0.2, 0.25) is 15.9 Å². The van der Waals surface area contributed by atoms with Crippen molar-refractivity contribution < 1.29 is 13.2 Å². The van der Waals surface area contributed by atoms with Crippen molar-refractivity contribution >= 4 is 27.5 Å². The maximum Gasteiger partial charge on any atom is 0.246 e. The highest BCUT2D eigenvalue weighted by atomic mass is 35.5. The molecule has 0 saturated carbocycles. The molecule has 2 atom stereocenters. The third-order valence-corrected chi connectivity index (χ3v) is 7.43. The Hall–Kier alpha value is -2.15. The van der Waals surface area contributed by atoms with Crippen molar-refractivity contribution in [1.29, 1.82) is 0 Å². The Morgan fingerprint density at radius 3 is 2.17 bits per heavy atom. The number of amides is 1. The lowest BCUT2D eigenvalue weighted by Crippen LogP contribution is -2.45. The van der Waals surface area contributed by atoms with E-state index in [1.807, 2.05) is 20.8 Å². The lowest BCUT2D eigenvalue weighted by molar-refractivity contribution is -0.114. The first-order valence-corrected chi connectivity index (χ1v) is 11.1. The molecule has 0 spiro atoms. The summed E-state index contributed by atoms with van der Waals surface area (Å²) in [6, 6.07) is 12.3. The number of nitrogens with two attached hydrogens (primary N) is 1. The Labute approximate surface area is 177 Å². The number of benzene rings is 2. The van der Waals surface area contributed by atoms with Crippen LogP contribution in [0.3, 0.4) is 0 Å². The molecule has 0 bridgehead atoms. The number of primary amides is 1. The Bertz CT molecular complexity index is 1070. The van der Waals surface area contributed by atoms with Gasteiger partial charge in [-0.25, -0.2) is 8.42 Å². The first-order valence-electron chi connectivity index (χ1n) is 9.30. The third-order valence-electron chi connectivity index (χ3n) is 5.17. The van der Waals surface area contributed by atoms with Crippen molar-refractivity contribution in [2.75, 3.05) is 0 Å². The summed E-state index contributed by atoms with van der Waals surface area (Å²) in [4.78, 5) is 12.5. The van der Waals surface area contributed by atoms with Crippen LogP contribution in [-0.4, -0.2) is 24.7 Å². The summed E-state index contributed by atoms with van der Waals surface area (Å²) < 4.78 is 29.1. The minimum atomic E-state index is -3.94. The summed E-state index contributed by atoms with van der Waals surface area (Å²) in [6.07, 6.45) is 1.69. The number of rotatable bonds is 4. The second-order valence-corrected chi connectivity index (χ2v) is 10.6. The van der Waals surface area contributed by atoms with Crippen molar-refractivity contribution in [3.8, 4) is 0 Å². The van der Waals surface area contributed by atoms with Gasteiger partial charge in [0, 0.05) is 16.6 Å². The lowest BCUT2D eigenvalue weighted by Gasteiger charge is -2.37. The molecule has 2 aromatic carbocycles. The topological polar surface area (TPSA) is 80.5 Å². The van der Waals surface area contributed by atoms with Gasteiger partial charge in [0.1, 0.15) is 0 Å². The average Bonchev–Trinajstić information content (AvgIpc) is 3.04. The summed E-state index contributed by atoms with van der Waals surface area (Å²) in [6.45, 7) is 7.58. The van der Waals surface area contributed by atoms with Crippen LogP contribution < -0.4 is 5.73 Å². The first kappa shape index (κ1) is 21.6. The van der Waals surface area contributed by atoms with Crippen molar-refractivity contribution in [1.82, 2.24) is 4.31 Å². The van der Waals surface area contributed by atoms with Gasteiger partial charge < -0.3 is 5.73 Å². The van der Waals surface area contributed by atoms with Gasteiger partial charge in [0.25, 0.3) is 0 Å². The quantitative estimate of drug-likeness (QED) is 0.785. The van der Waals surface area contributed by atoms with Gasteiger partial charge in [0.15, 0.2) is 0 Å². The van der Waals surface area contributed by atoms with Gasteiger partial charge in [0.05, 0.1) is 10.9 Å². The monoisotopic (exact) mass is 432 g/mol. The van der Waals surface area contributed by atoms with Crippen LogP contribution in [-0.2, 0) is 14.8 Å². The fourth-order valence-corrected chi connectivity index (χ4v) is 5.97. The van der Waals surface area contributed by atoms with Gasteiger partial charge in [-0.3, -0.25) is 4.79 Å². The molecule has 1 amide bonds. The second kappa shape index (κ2) is 7.59. The van der Waals surface area contributed by atoms with Crippen molar-refractivity contribution in [2.24, 2.45) is 11.1 Å². The predicted molar refractivity (Wildman–Crippen MR) is 115 cm³/mol. The predicted octanol–water partition coefficient (Wildman–Crippen LogP) is 4.22. The van der Waals surface area contributed by atoms with E-state index in [2.05, 4.69) is 0 Å². The number of hydrogen-bond donors (Lipinski definition) is 1. The Morgan fingerprint density at radius 2 is 1.66 bits per heavy atom. The van der Waals surface area contributed by atoms with E-state index in [0.717, 1.165) is 0 Å². The number of hydrogen-bond acceptors (Lipinski definition) is 3. The maximum atomic E-state index is 13.8. The molecule has 1 unspecified atom stereocenters. The molecule has 0 radical (unpaired) electrons. The molecule has 0 fully saturated rings. The van der Waals surface area contributed by atoms with Crippen LogP contribution in [0.25, 0.3) is 0 Å². The maximum absolute atomic E-state index is 13.8. The summed E-state index contributed by atoms with van der Waals surface area (Å²) in [5.74, 6) is -0.637. The lowest BCUT2D eigenvalue weighted by atomic mass is 9.87. The van der Waals surface area contributed by atoms with Gasteiger partial charge >= 0.3 is 0 Å². The van der Waals surface area contributed by atoms with Gasteiger partial charge in [-0.2, -0.15) is 4.31 Å². The molecular weight excluding hydrogens is 408 g/mol. The second-order valence-electron chi connectivity index (χ2n) is 8.35. The Kier molecular flexibility index (Phi) is 5.64. The molecule has 1 aliphatic heterocycles. The van der Waals surface area contributed by atoms with Crippen LogP contribution in [0.1, 0.15) is 37.9 Å². The van der Waals surface area contributed by atoms with E-state index in [1.54, 1.807) is 61.5 Å². The van der Waals surface area contributed by atoms with Crippen LogP contribution in [0.5, 0.6) is 0 Å². The van der Waals surface area contributed by atoms with E-state index in [4.69, 9.17) is 17.3 Å². The molecule has 1 aliphatic rings. The van der Waals surface area contributed by atoms with Gasteiger partial charge in [-0.1, -0.05) is 68.8 Å². The zero-order valence-corrected chi connectivity index (χ0v) is 18.5. The van der Waals surface area contributed by atoms with E-state index in [0.29, 0.717) is 16.1 Å². The van der Waals surface area contributed by atoms with Crippen molar-refractivity contribution in [3.05, 3.63) is 76.3 Å². The molecule has 29 heavy (non-hydrogen) atoms. The van der Waals surface area contributed by atoms with Gasteiger partial charge in [-0.15, -0.1) is 0 Å². The third kappa shape index (κ3) is 3.97. The summed E-state index contributed by atoms with van der Waals surface area (Å²) in [7, 11) is -3.94. The minimum absolute atomic E-state index is 0.215. The molecule has 1 heterocycles. The Morgan fingerprint density at radius 1 is 1.07 bits per heavy atom. The largest absolute Gasteiger partial charge is 0.366 e. The van der Waals surface area contributed by atoms with Crippen LogP contribution >= 0.6 is 11.6 Å². The molecule has 5 nitrogen and oxygen atoms in total. The van der Waals surface area contributed by atoms with Crippen LogP contribution in [0.4, 0.5) is 0 Å². The van der Waals surface area contributed by atoms with E-state index in [1.165, 1.54) is 4.31 Å². The van der Waals surface area contributed by atoms with Crippen LogP contribution in [0, 0.1) is 12.3 Å². The molecular formula is C22H25ClN2O3S. The normalized spacial score (nSPS) is 20.5. The number of carbonyl (C=O) groups excluding carboxylic acids is 1. The van der Waals surface area contributed by atoms with Crippen molar-refractivity contribution in [2.45, 2.75) is 44.7 Å². The number of sulfonamides is 1. The van der Waals surface area contributed by atoms with E-state index in [9.17, 15) is 13.2 Å². The Balaban J connectivity index is 2.27. The van der Waals surface area contributed by atoms with Crippen LogP contribution in [0.2, 0.25) is 5.02 Å². The summed E-state index contributed by atoms with van der Waals surface area (Å²) in [5, 5.41) is 0.525. The fraction of sp³-hybridized carbons (Fsp3) is 0.318. The average molecular weight is 433 g/mol. The van der Waals surface area contributed by atoms with E-state index >= 15 is 0 Å². The molecule has 0 aliphatic carbocycles. The summed E-state index contributed by atoms with van der Waals surface area (Å²) >= 11 is 6.02. The van der Waals surface area contributed by atoms with Gasteiger partial charge in [-0.05, 0) is 41.7 Å². The minimum Gasteiger partial charge on any atom is -0.366 e. The molecule has 154 valence electrons. The standard InChI is InChI=1S/C22H25ClN2O3S/c1-14-7-5-6-8-18(14)29(27,28)25-19(22(2,3)4)13-17(21(24)26)20(25)15-9-11-16(23)12-10-15/h5-13,19-20H,1-4H3,(H2,24,26)/t19?,20-/m0/s1. The molecule has 3 rings (SSSR count). The zero-order valence-electron chi connectivity index (χ0n) is 16.9. The molecule has 7 heteroatoms. The highest BCUT2D eigenvalue weighted by Crippen LogP contribution is 2.46. The number of nitrogens with zero attached hydrogens (tertiary/aromatic N) is 1. The highest BCUT2D eigenvalue weighted by Gasteiger charge is 2.49. The van der Waals surface area contributed by atoms with E-state index < -0.39 is 33.4 Å². The summed E-state index contributed by atoms with van der Waals surface area (Å²) in [5.41, 5.74) is 6.77. The van der Waals surface area contributed by atoms with Crippen LogP contribution in [0.15, 0.2) is 65.1 Å². The number of halogens is 1. The molecule has 0 aromatic heterocycles. The van der Waals surface area contributed by atoms with E-state index in [-0.39, 0.29) is 10.5 Å².